The highest BCUT2D eigenvalue weighted by molar-refractivity contribution is 5.71. The molecule has 2 atom stereocenters. The Morgan fingerprint density at radius 2 is 2.06 bits per heavy atom. The summed E-state index contributed by atoms with van der Waals surface area (Å²) in [5.74, 6) is 0.895. The molecule has 0 radical (unpaired) electrons. The van der Waals surface area contributed by atoms with E-state index in [9.17, 15) is 0 Å². The van der Waals surface area contributed by atoms with Gasteiger partial charge < -0.3 is 10.2 Å². The fourth-order valence-electron chi connectivity index (χ4n) is 3.53. The Hall–Kier alpha value is -1.18. The number of nitrogens with zero attached hydrogens (tertiary/aromatic N) is 1. The van der Waals surface area contributed by atoms with Gasteiger partial charge >= 0.3 is 0 Å². The second kappa shape index (κ2) is 5.21. The number of para-hydroxylation sites is 2. The molecule has 1 fully saturated rings. The monoisotopic (exact) mass is 244 g/mol. The first-order valence-electron chi connectivity index (χ1n) is 7.44. The number of benzene rings is 1. The van der Waals surface area contributed by atoms with Crippen LogP contribution in [0.1, 0.15) is 39.0 Å². The Bertz CT molecular complexity index is 402. The molecule has 1 aromatic carbocycles. The number of rotatable bonds is 1. The summed E-state index contributed by atoms with van der Waals surface area (Å²) in [6, 6.07) is 9.58. The quantitative estimate of drug-likeness (QED) is 0.806. The lowest BCUT2D eigenvalue weighted by Gasteiger charge is -2.38. The SMILES string of the molecule is CC1CCCC(N2CCCNc3ccccc32)C1. The molecule has 2 nitrogen and oxygen atoms in total. The molecule has 18 heavy (non-hydrogen) atoms. The predicted molar refractivity (Wildman–Crippen MR) is 78.3 cm³/mol. The van der Waals surface area contributed by atoms with E-state index in [0.717, 1.165) is 18.5 Å². The highest BCUT2D eigenvalue weighted by atomic mass is 15.2. The average molecular weight is 244 g/mol. The van der Waals surface area contributed by atoms with Crippen LogP contribution < -0.4 is 10.2 Å². The first-order valence-corrected chi connectivity index (χ1v) is 7.44. The zero-order valence-electron chi connectivity index (χ0n) is 11.4. The van der Waals surface area contributed by atoms with Gasteiger partial charge in [-0.05, 0) is 37.3 Å². The molecule has 1 aromatic rings. The molecule has 1 saturated carbocycles. The van der Waals surface area contributed by atoms with E-state index >= 15 is 0 Å². The topological polar surface area (TPSA) is 15.3 Å². The largest absolute Gasteiger partial charge is 0.383 e. The van der Waals surface area contributed by atoms with Gasteiger partial charge in [-0.2, -0.15) is 0 Å². The molecule has 1 aliphatic heterocycles. The standard InChI is InChI=1S/C16H24N2/c1-13-6-4-7-14(12-13)18-11-5-10-17-15-8-2-3-9-16(15)18/h2-3,8-9,13-14,17H,4-7,10-12H2,1H3. The van der Waals surface area contributed by atoms with Crippen molar-refractivity contribution < 1.29 is 0 Å². The van der Waals surface area contributed by atoms with Crippen LogP contribution in [-0.2, 0) is 0 Å². The summed E-state index contributed by atoms with van der Waals surface area (Å²) in [6.45, 7) is 4.73. The van der Waals surface area contributed by atoms with Crippen LogP contribution in [0.3, 0.4) is 0 Å². The molecular formula is C16H24N2. The Kier molecular flexibility index (Phi) is 3.44. The van der Waals surface area contributed by atoms with Crippen LogP contribution in [0, 0.1) is 5.92 Å². The van der Waals surface area contributed by atoms with Gasteiger partial charge in [-0.3, -0.25) is 0 Å². The van der Waals surface area contributed by atoms with Crippen molar-refractivity contribution in [1.29, 1.82) is 0 Å². The van der Waals surface area contributed by atoms with Crippen LogP contribution in [0.2, 0.25) is 0 Å². The van der Waals surface area contributed by atoms with Gasteiger partial charge in [-0.15, -0.1) is 0 Å². The van der Waals surface area contributed by atoms with Crippen molar-refractivity contribution in [2.45, 2.75) is 45.1 Å². The number of hydrogen-bond acceptors (Lipinski definition) is 2. The molecule has 1 heterocycles. The minimum absolute atomic E-state index is 0.759. The lowest BCUT2D eigenvalue weighted by Crippen LogP contribution is -2.39. The maximum atomic E-state index is 3.56. The van der Waals surface area contributed by atoms with Crippen LogP contribution in [0.4, 0.5) is 11.4 Å². The minimum atomic E-state index is 0.759. The maximum absolute atomic E-state index is 3.56. The Morgan fingerprint density at radius 1 is 1.17 bits per heavy atom. The van der Waals surface area contributed by atoms with E-state index in [4.69, 9.17) is 0 Å². The van der Waals surface area contributed by atoms with E-state index in [2.05, 4.69) is 41.4 Å². The van der Waals surface area contributed by atoms with E-state index in [-0.39, 0.29) is 0 Å². The lowest BCUT2D eigenvalue weighted by atomic mass is 9.86. The van der Waals surface area contributed by atoms with E-state index in [1.807, 2.05) is 0 Å². The zero-order chi connectivity index (χ0) is 12.4. The van der Waals surface area contributed by atoms with Crippen molar-refractivity contribution in [3.8, 4) is 0 Å². The molecule has 0 saturated heterocycles. The van der Waals surface area contributed by atoms with Gasteiger partial charge in [-0.1, -0.05) is 31.9 Å². The normalized spacial score (nSPS) is 28.2. The summed E-state index contributed by atoms with van der Waals surface area (Å²) in [5.41, 5.74) is 2.75. The average Bonchev–Trinajstić information content (AvgIpc) is 2.61. The van der Waals surface area contributed by atoms with Crippen LogP contribution in [0.5, 0.6) is 0 Å². The predicted octanol–water partition coefficient (Wildman–Crippen LogP) is 3.89. The van der Waals surface area contributed by atoms with Gasteiger partial charge in [0.2, 0.25) is 0 Å². The lowest BCUT2D eigenvalue weighted by molar-refractivity contribution is 0.329. The van der Waals surface area contributed by atoms with Crippen LogP contribution in [0.15, 0.2) is 24.3 Å². The molecule has 3 rings (SSSR count). The molecule has 0 spiro atoms. The third-order valence-electron chi connectivity index (χ3n) is 4.45. The number of nitrogens with one attached hydrogen (secondary N) is 1. The summed E-state index contributed by atoms with van der Waals surface area (Å²) in [4.78, 5) is 2.67. The van der Waals surface area contributed by atoms with Gasteiger partial charge in [0.15, 0.2) is 0 Å². The smallest absolute Gasteiger partial charge is 0.0604 e. The van der Waals surface area contributed by atoms with Crippen LogP contribution in [0.25, 0.3) is 0 Å². The summed E-state index contributed by atoms with van der Waals surface area (Å²) < 4.78 is 0. The van der Waals surface area contributed by atoms with Crippen LogP contribution >= 0.6 is 0 Å². The Morgan fingerprint density at radius 3 is 2.94 bits per heavy atom. The fraction of sp³-hybridized carbons (Fsp3) is 0.625. The highest BCUT2D eigenvalue weighted by Crippen LogP contribution is 2.35. The number of anilines is 2. The molecule has 1 N–H and O–H groups in total. The molecule has 0 bridgehead atoms. The zero-order valence-corrected chi connectivity index (χ0v) is 11.4. The third kappa shape index (κ3) is 2.33. The van der Waals surface area contributed by atoms with Crippen molar-refractivity contribution in [2.24, 2.45) is 5.92 Å². The molecular weight excluding hydrogens is 220 g/mol. The number of hydrogen-bond donors (Lipinski definition) is 1. The second-order valence-electron chi connectivity index (χ2n) is 5.92. The molecule has 2 heteroatoms. The first-order chi connectivity index (χ1) is 8.84. The first kappa shape index (κ1) is 11.9. The minimum Gasteiger partial charge on any atom is -0.383 e. The van der Waals surface area contributed by atoms with E-state index < -0.39 is 0 Å². The summed E-state index contributed by atoms with van der Waals surface area (Å²) in [6.07, 6.45) is 6.81. The number of fused-ring (bicyclic) bond motifs is 1. The van der Waals surface area contributed by atoms with Crippen LogP contribution in [-0.4, -0.2) is 19.1 Å². The summed E-state index contributed by atoms with van der Waals surface area (Å²) >= 11 is 0. The van der Waals surface area contributed by atoms with Gasteiger partial charge in [0.1, 0.15) is 0 Å². The van der Waals surface area contributed by atoms with Gasteiger partial charge in [0, 0.05) is 19.1 Å². The van der Waals surface area contributed by atoms with Gasteiger partial charge in [0.25, 0.3) is 0 Å². The maximum Gasteiger partial charge on any atom is 0.0604 e. The van der Waals surface area contributed by atoms with Crippen molar-refractivity contribution in [3.63, 3.8) is 0 Å². The Labute approximate surface area is 110 Å². The second-order valence-corrected chi connectivity index (χ2v) is 5.92. The highest BCUT2D eigenvalue weighted by Gasteiger charge is 2.26. The van der Waals surface area contributed by atoms with E-state index in [1.54, 1.807) is 0 Å². The molecule has 0 aromatic heterocycles. The molecule has 0 amide bonds. The molecule has 2 aliphatic rings. The van der Waals surface area contributed by atoms with Crippen molar-refractivity contribution in [3.05, 3.63) is 24.3 Å². The van der Waals surface area contributed by atoms with Crippen molar-refractivity contribution >= 4 is 11.4 Å². The van der Waals surface area contributed by atoms with Gasteiger partial charge in [-0.25, -0.2) is 0 Å². The molecule has 1 aliphatic carbocycles. The summed E-state index contributed by atoms with van der Waals surface area (Å²) in [5, 5.41) is 3.56. The molecule has 2 unspecified atom stereocenters. The summed E-state index contributed by atoms with van der Waals surface area (Å²) in [7, 11) is 0. The van der Waals surface area contributed by atoms with E-state index in [1.165, 1.54) is 50.0 Å². The third-order valence-corrected chi connectivity index (χ3v) is 4.45. The van der Waals surface area contributed by atoms with Crippen molar-refractivity contribution in [1.82, 2.24) is 0 Å². The van der Waals surface area contributed by atoms with Crippen molar-refractivity contribution in [2.75, 3.05) is 23.3 Å². The fourth-order valence-corrected chi connectivity index (χ4v) is 3.53. The Balaban J connectivity index is 1.86. The molecule has 98 valence electrons. The van der Waals surface area contributed by atoms with Gasteiger partial charge in [0.05, 0.1) is 11.4 Å². The van der Waals surface area contributed by atoms with E-state index in [0.29, 0.717) is 0 Å².